The SMILES string of the molecule is COc1ccc(C=NNC(=O)c2c(C)nc3cc(C)ccn23)cc1O. The summed E-state index contributed by atoms with van der Waals surface area (Å²) in [5.41, 5.74) is 5.96. The fraction of sp³-hybridized carbons (Fsp3) is 0.167. The number of carbonyl (C=O) groups is 1. The fourth-order valence-electron chi connectivity index (χ4n) is 2.54. The maximum Gasteiger partial charge on any atom is 0.290 e. The molecular weight excluding hydrogens is 320 g/mol. The monoisotopic (exact) mass is 338 g/mol. The van der Waals surface area contributed by atoms with Gasteiger partial charge in [-0.25, -0.2) is 10.4 Å². The van der Waals surface area contributed by atoms with Gasteiger partial charge < -0.3 is 9.84 Å². The topological polar surface area (TPSA) is 88.2 Å². The summed E-state index contributed by atoms with van der Waals surface area (Å²) in [6.45, 7) is 3.75. The molecule has 2 N–H and O–H groups in total. The van der Waals surface area contributed by atoms with Gasteiger partial charge in [-0.15, -0.1) is 0 Å². The molecule has 0 radical (unpaired) electrons. The molecule has 3 aromatic rings. The van der Waals surface area contributed by atoms with Gasteiger partial charge >= 0.3 is 0 Å². The van der Waals surface area contributed by atoms with Crippen LogP contribution in [0.4, 0.5) is 0 Å². The van der Waals surface area contributed by atoms with Crippen molar-refractivity contribution < 1.29 is 14.6 Å². The first-order valence-corrected chi connectivity index (χ1v) is 7.65. The number of carbonyl (C=O) groups excluding carboxylic acids is 1. The Morgan fingerprint density at radius 1 is 1.32 bits per heavy atom. The van der Waals surface area contributed by atoms with E-state index in [9.17, 15) is 9.90 Å². The van der Waals surface area contributed by atoms with Crippen LogP contribution in [0.3, 0.4) is 0 Å². The van der Waals surface area contributed by atoms with Crippen molar-refractivity contribution in [2.24, 2.45) is 5.10 Å². The molecule has 7 nitrogen and oxygen atoms in total. The largest absolute Gasteiger partial charge is 0.504 e. The molecule has 0 saturated carbocycles. The summed E-state index contributed by atoms with van der Waals surface area (Å²) < 4.78 is 6.71. The highest BCUT2D eigenvalue weighted by atomic mass is 16.5. The lowest BCUT2D eigenvalue weighted by Gasteiger charge is -2.04. The van der Waals surface area contributed by atoms with Gasteiger partial charge in [0, 0.05) is 6.20 Å². The number of benzene rings is 1. The van der Waals surface area contributed by atoms with Crippen LogP contribution in [0, 0.1) is 13.8 Å². The Labute approximate surface area is 144 Å². The average Bonchev–Trinajstić information content (AvgIpc) is 2.89. The predicted molar refractivity (Wildman–Crippen MR) is 94.4 cm³/mol. The molecule has 0 atom stereocenters. The first kappa shape index (κ1) is 16.5. The van der Waals surface area contributed by atoms with E-state index in [2.05, 4.69) is 15.5 Å². The van der Waals surface area contributed by atoms with Gasteiger partial charge in [0.25, 0.3) is 5.91 Å². The number of aromatic nitrogens is 2. The lowest BCUT2D eigenvalue weighted by molar-refractivity contribution is 0.0948. The van der Waals surface area contributed by atoms with Crippen molar-refractivity contribution >= 4 is 17.8 Å². The van der Waals surface area contributed by atoms with Gasteiger partial charge in [0.05, 0.1) is 19.0 Å². The zero-order chi connectivity index (χ0) is 18.0. The van der Waals surface area contributed by atoms with Gasteiger partial charge in [0.15, 0.2) is 11.5 Å². The summed E-state index contributed by atoms with van der Waals surface area (Å²) in [6, 6.07) is 8.66. The number of phenolic OH excluding ortho intramolecular Hbond substituents is 1. The van der Waals surface area contributed by atoms with Crippen molar-refractivity contribution in [1.29, 1.82) is 0 Å². The molecule has 1 aromatic carbocycles. The number of hydrogen-bond acceptors (Lipinski definition) is 5. The van der Waals surface area contributed by atoms with E-state index < -0.39 is 0 Å². The van der Waals surface area contributed by atoms with Crippen LogP contribution in [0.5, 0.6) is 11.5 Å². The molecule has 2 heterocycles. The minimum absolute atomic E-state index is 0.00535. The molecule has 128 valence electrons. The maximum atomic E-state index is 12.4. The fourth-order valence-corrected chi connectivity index (χ4v) is 2.54. The van der Waals surface area contributed by atoms with Crippen molar-refractivity contribution in [3.63, 3.8) is 0 Å². The van der Waals surface area contributed by atoms with E-state index in [0.29, 0.717) is 28.3 Å². The second-order valence-corrected chi connectivity index (χ2v) is 5.61. The quantitative estimate of drug-likeness (QED) is 0.565. The normalized spacial score (nSPS) is 11.2. The Hall–Kier alpha value is -3.35. The number of ether oxygens (including phenoxy) is 1. The van der Waals surface area contributed by atoms with Gasteiger partial charge in [-0.3, -0.25) is 9.20 Å². The van der Waals surface area contributed by atoms with E-state index in [-0.39, 0.29) is 11.7 Å². The minimum Gasteiger partial charge on any atom is -0.504 e. The van der Waals surface area contributed by atoms with Crippen molar-refractivity contribution in [3.8, 4) is 11.5 Å². The van der Waals surface area contributed by atoms with E-state index in [1.54, 1.807) is 23.5 Å². The van der Waals surface area contributed by atoms with Gasteiger partial charge in [0.1, 0.15) is 11.3 Å². The highest BCUT2D eigenvalue weighted by Crippen LogP contribution is 2.25. The van der Waals surface area contributed by atoms with Crippen LogP contribution in [-0.2, 0) is 0 Å². The number of hydrazone groups is 1. The van der Waals surface area contributed by atoms with Crippen molar-refractivity contribution in [2.75, 3.05) is 7.11 Å². The lowest BCUT2D eigenvalue weighted by Crippen LogP contribution is -2.20. The van der Waals surface area contributed by atoms with Crippen LogP contribution in [0.1, 0.15) is 27.3 Å². The molecule has 0 bridgehead atoms. The van der Waals surface area contributed by atoms with Crippen LogP contribution in [0.15, 0.2) is 41.6 Å². The van der Waals surface area contributed by atoms with Gasteiger partial charge in [0.2, 0.25) is 0 Å². The molecule has 7 heteroatoms. The zero-order valence-electron chi connectivity index (χ0n) is 14.1. The third-order valence-electron chi connectivity index (χ3n) is 3.75. The number of aryl methyl sites for hydroxylation is 2. The number of nitrogens with one attached hydrogen (secondary N) is 1. The Balaban J connectivity index is 1.79. The molecule has 3 rings (SSSR count). The number of amides is 1. The number of rotatable bonds is 4. The second kappa shape index (κ2) is 6.64. The number of imidazole rings is 1. The summed E-state index contributed by atoms with van der Waals surface area (Å²) in [7, 11) is 1.47. The first-order chi connectivity index (χ1) is 12.0. The number of methoxy groups -OCH3 is 1. The summed E-state index contributed by atoms with van der Waals surface area (Å²) in [4.78, 5) is 16.8. The summed E-state index contributed by atoms with van der Waals surface area (Å²) in [5, 5.41) is 13.7. The number of hydrogen-bond donors (Lipinski definition) is 2. The Morgan fingerprint density at radius 2 is 2.12 bits per heavy atom. The van der Waals surface area contributed by atoms with E-state index >= 15 is 0 Å². The Bertz CT molecular complexity index is 976. The van der Waals surface area contributed by atoms with E-state index in [0.717, 1.165) is 5.56 Å². The van der Waals surface area contributed by atoms with E-state index in [1.807, 2.05) is 25.3 Å². The number of phenols is 1. The predicted octanol–water partition coefficient (Wildman–Crippen LogP) is 2.43. The van der Waals surface area contributed by atoms with Crippen LogP contribution < -0.4 is 10.2 Å². The van der Waals surface area contributed by atoms with Crippen molar-refractivity contribution in [2.45, 2.75) is 13.8 Å². The van der Waals surface area contributed by atoms with Crippen LogP contribution in [0.25, 0.3) is 5.65 Å². The Morgan fingerprint density at radius 3 is 2.84 bits per heavy atom. The number of fused-ring (bicyclic) bond motifs is 1. The molecule has 25 heavy (non-hydrogen) atoms. The number of aromatic hydroxyl groups is 1. The minimum atomic E-state index is -0.358. The van der Waals surface area contributed by atoms with Crippen molar-refractivity contribution in [3.05, 3.63) is 59.0 Å². The van der Waals surface area contributed by atoms with Gasteiger partial charge in [-0.05, 0) is 55.3 Å². The van der Waals surface area contributed by atoms with E-state index in [1.165, 1.54) is 19.4 Å². The standard InChI is InChI=1S/C18H18N4O3/c1-11-6-7-22-16(8-11)20-12(2)17(22)18(24)21-19-10-13-4-5-15(25-3)14(23)9-13/h4-10,23H,1-3H3,(H,21,24). The molecule has 1 amide bonds. The smallest absolute Gasteiger partial charge is 0.290 e. The molecular formula is C18H18N4O3. The highest BCUT2D eigenvalue weighted by molar-refractivity contribution is 5.95. The number of nitrogens with zero attached hydrogens (tertiary/aromatic N) is 3. The zero-order valence-corrected chi connectivity index (χ0v) is 14.1. The first-order valence-electron chi connectivity index (χ1n) is 7.65. The molecule has 0 unspecified atom stereocenters. The van der Waals surface area contributed by atoms with Crippen LogP contribution in [0.2, 0.25) is 0 Å². The molecule has 0 saturated heterocycles. The Kier molecular flexibility index (Phi) is 4.38. The third-order valence-corrected chi connectivity index (χ3v) is 3.75. The summed E-state index contributed by atoms with van der Waals surface area (Å²) >= 11 is 0. The number of pyridine rings is 1. The van der Waals surface area contributed by atoms with Gasteiger partial charge in [-0.2, -0.15) is 5.10 Å². The van der Waals surface area contributed by atoms with Crippen LogP contribution >= 0.6 is 0 Å². The molecule has 0 aliphatic carbocycles. The maximum absolute atomic E-state index is 12.4. The lowest BCUT2D eigenvalue weighted by atomic mass is 10.2. The molecule has 2 aromatic heterocycles. The molecule has 0 fully saturated rings. The van der Waals surface area contributed by atoms with Crippen molar-refractivity contribution in [1.82, 2.24) is 14.8 Å². The summed E-state index contributed by atoms with van der Waals surface area (Å²) in [6.07, 6.45) is 3.25. The highest BCUT2D eigenvalue weighted by Gasteiger charge is 2.16. The summed E-state index contributed by atoms with van der Waals surface area (Å²) in [5.74, 6) is 0.0199. The van der Waals surface area contributed by atoms with Crippen LogP contribution in [-0.4, -0.2) is 33.7 Å². The van der Waals surface area contributed by atoms with E-state index in [4.69, 9.17) is 4.74 Å². The third kappa shape index (κ3) is 3.30. The molecule has 0 aliphatic rings. The second-order valence-electron chi connectivity index (χ2n) is 5.61. The molecule has 0 spiro atoms. The molecule has 0 aliphatic heterocycles. The average molecular weight is 338 g/mol. The van der Waals surface area contributed by atoms with Gasteiger partial charge in [-0.1, -0.05) is 0 Å².